The fraction of sp³-hybridized carbons (Fsp3) is 0.300. The molecule has 0 atom stereocenters. The number of benzene rings is 1. The monoisotopic (exact) mass is 452 g/mol. The molecule has 11 nitrogen and oxygen atoms in total. The number of aryl methyl sites for hydroxylation is 1. The Morgan fingerprint density at radius 1 is 1.18 bits per heavy atom. The molecular weight excluding hydrogens is 433 g/mol. The summed E-state index contributed by atoms with van der Waals surface area (Å²) in [5.41, 5.74) is 1.15. The summed E-state index contributed by atoms with van der Waals surface area (Å²) < 4.78 is 7.18. The number of hydrogen-bond donors (Lipinski definition) is 3. The Labute approximate surface area is 199 Å². The number of para-hydroxylation sites is 1. The molecule has 0 unspecified atom stereocenters. The van der Waals surface area contributed by atoms with E-state index in [-0.39, 0.29) is 29.0 Å². The van der Waals surface area contributed by atoms with Gasteiger partial charge < -0.3 is 20.7 Å². The molecule has 2 heterocycles. The van der Waals surface area contributed by atoms with E-state index in [1.165, 1.54) is 13.2 Å². The third-order valence-corrected chi connectivity index (χ3v) is 4.87. The van der Waals surface area contributed by atoms with Gasteiger partial charge in [-0.25, -0.2) is 4.98 Å². The number of carbonyl (C=O) groups excluding carboxylic acids is 2. The predicted octanol–water partition coefficient (Wildman–Crippen LogP) is 0.219. The lowest BCUT2D eigenvalue weighted by Gasteiger charge is -2.23. The second-order valence-electron chi connectivity index (χ2n) is 7.90. The molecule has 1 saturated carbocycles. The fourth-order valence-electron chi connectivity index (χ4n) is 3.18. The van der Waals surface area contributed by atoms with E-state index in [1.54, 1.807) is 36.3 Å². The molecule has 14 heteroatoms. The average Bonchev–Trinajstić information content (AvgIpc) is 3.53. The summed E-state index contributed by atoms with van der Waals surface area (Å²) in [5.74, 6) is 0.0528. The maximum absolute atomic E-state index is 12.7. The Bertz CT molecular complexity index is 1240. The standard InChI is InChI=1S/C20H19B3N8O3/c1-31-9-24-17(30-31)11-4-3-5-12(16(11)34-2)25-13-8-14(26-18(32)10-6-7-10)28-29-15(13)19(33)27-20(21,22)23/h3-5,8-10H,6-7H2,1-2H3,(H,27,33)(H2,25,26,28,32). The van der Waals surface area contributed by atoms with Crippen LogP contribution in [0.15, 0.2) is 30.6 Å². The number of ether oxygens (including phenoxy) is 1. The van der Waals surface area contributed by atoms with Crippen LogP contribution in [0.1, 0.15) is 23.3 Å². The molecule has 34 heavy (non-hydrogen) atoms. The summed E-state index contributed by atoms with van der Waals surface area (Å²) in [6, 6.07) is 6.77. The van der Waals surface area contributed by atoms with E-state index in [0.29, 0.717) is 22.8 Å². The smallest absolute Gasteiger partial charge is 0.272 e. The number of aromatic nitrogens is 5. The minimum Gasteiger partial charge on any atom is -0.494 e. The lowest BCUT2D eigenvalue weighted by atomic mass is 9.49. The van der Waals surface area contributed by atoms with Crippen molar-refractivity contribution in [3.8, 4) is 17.1 Å². The van der Waals surface area contributed by atoms with Gasteiger partial charge in [0, 0.05) is 19.0 Å². The van der Waals surface area contributed by atoms with Crippen LogP contribution in [0.25, 0.3) is 11.4 Å². The van der Waals surface area contributed by atoms with Crippen LogP contribution >= 0.6 is 0 Å². The highest BCUT2D eigenvalue weighted by Gasteiger charge is 2.30. The molecule has 0 saturated heterocycles. The highest BCUT2D eigenvalue weighted by molar-refractivity contribution is 6.60. The molecule has 3 aromatic rings. The number of nitrogens with zero attached hydrogens (tertiary/aromatic N) is 5. The molecule has 0 aliphatic heterocycles. The third kappa shape index (κ3) is 5.38. The largest absolute Gasteiger partial charge is 0.494 e. The van der Waals surface area contributed by atoms with Crippen molar-refractivity contribution in [1.82, 2.24) is 30.3 Å². The topological polar surface area (TPSA) is 136 Å². The fourth-order valence-corrected chi connectivity index (χ4v) is 3.18. The zero-order valence-corrected chi connectivity index (χ0v) is 18.6. The van der Waals surface area contributed by atoms with Gasteiger partial charge in [-0.3, -0.25) is 14.3 Å². The van der Waals surface area contributed by atoms with E-state index in [2.05, 4.69) is 36.2 Å². The highest BCUT2D eigenvalue weighted by Crippen LogP contribution is 2.37. The Morgan fingerprint density at radius 2 is 1.94 bits per heavy atom. The van der Waals surface area contributed by atoms with Gasteiger partial charge in [-0.2, -0.15) is 5.10 Å². The first-order valence-corrected chi connectivity index (χ1v) is 10.3. The number of nitrogens with one attached hydrogen (secondary N) is 3. The molecular formula is C20H19B3N8O3. The van der Waals surface area contributed by atoms with E-state index in [9.17, 15) is 9.59 Å². The molecule has 2 aromatic heterocycles. The van der Waals surface area contributed by atoms with Gasteiger partial charge in [-0.1, -0.05) is 11.3 Å². The summed E-state index contributed by atoms with van der Waals surface area (Å²) in [6.07, 6.45) is 3.21. The van der Waals surface area contributed by atoms with Crippen LogP contribution in [0.5, 0.6) is 5.75 Å². The SMILES string of the molecule is [B]C([B])([B])NC(=O)c1nnc(NC(=O)C2CC2)cc1Nc1cccc(-c2ncn(C)n2)c1OC. The van der Waals surface area contributed by atoms with Crippen molar-refractivity contribution in [2.75, 3.05) is 17.7 Å². The van der Waals surface area contributed by atoms with Crippen molar-refractivity contribution in [3.63, 3.8) is 0 Å². The number of rotatable bonds is 8. The first-order chi connectivity index (χ1) is 16.1. The van der Waals surface area contributed by atoms with E-state index >= 15 is 0 Å². The maximum Gasteiger partial charge on any atom is 0.272 e. The Hall–Kier alpha value is -3.83. The molecule has 1 fully saturated rings. The minimum atomic E-state index is -1.98. The quantitative estimate of drug-likeness (QED) is 0.414. The van der Waals surface area contributed by atoms with Crippen molar-refractivity contribution >= 4 is 52.5 Å². The lowest BCUT2D eigenvalue weighted by Crippen LogP contribution is -2.50. The van der Waals surface area contributed by atoms with Crippen molar-refractivity contribution in [2.24, 2.45) is 13.0 Å². The van der Waals surface area contributed by atoms with Gasteiger partial charge >= 0.3 is 0 Å². The maximum atomic E-state index is 12.7. The Morgan fingerprint density at radius 3 is 2.56 bits per heavy atom. The molecule has 1 aromatic carbocycles. The summed E-state index contributed by atoms with van der Waals surface area (Å²) in [7, 11) is 19.8. The predicted molar refractivity (Wildman–Crippen MR) is 127 cm³/mol. The summed E-state index contributed by atoms with van der Waals surface area (Å²) >= 11 is 0. The normalized spacial score (nSPS) is 13.2. The van der Waals surface area contributed by atoms with Gasteiger partial charge in [-0.15, -0.1) is 10.2 Å². The Kier molecular flexibility index (Phi) is 6.31. The summed E-state index contributed by atoms with van der Waals surface area (Å²) in [4.78, 5) is 29.2. The lowest BCUT2D eigenvalue weighted by molar-refractivity contribution is -0.117. The first kappa shape index (κ1) is 23.3. The molecule has 1 aliphatic carbocycles. The molecule has 6 radical (unpaired) electrons. The second-order valence-corrected chi connectivity index (χ2v) is 7.90. The Balaban J connectivity index is 1.72. The van der Waals surface area contributed by atoms with Gasteiger partial charge in [0.05, 0.1) is 47.6 Å². The van der Waals surface area contributed by atoms with Crippen LogP contribution in [0.2, 0.25) is 0 Å². The molecule has 166 valence electrons. The van der Waals surface area contributed by atoms with E-state index < -0.39 is 11.1 Å². The molecule has 1 aliphatic rings. The van der Waals surface area contributed by atoms with Crippen LogP contribution in [0.4, 0.5) is 17.2 Å². The van der Waals surface area contributed by atoms with Crippen LogP contribution < -0.4 is 20.7 Å². The molecule has 4 rings (SSSR count). The third-order valence-electron chi connectivity index (χ3n) is 4.87. The number of hydrogen-bond acceptors (Lipinski definition) is 8. The van der Waals surface area contributed by atoms with Gasteiger partial charge in [0.2, 0.25) is 5.91 Å². The first-order valence-electron chi connectivity index (χ1n) is 10.3. The summed E-state index contributed by atoms with van der Waals surface area (Å²) in [6.45, 7) is 0. The van der Waals surface area contributed by atoms with Crippen LogP contribution in [0.3, 0.4) is 0 Å². The van der Waals surface area contributed by atoms with Crippen molar-refractivity contribution in [2.45, 2.75) is 18.1 Å². The zero-order valence-electron chi connectivity index (χ0n) is 18.6. The number of anilines is 3. The molecule has 2 amide bonds. The number of amides is 2. The molecule has 0 bridgehead atoms. The van der Waals surface area contributed by atoms with Crippen molar-refractivity contribution < 1.29 is 14.3 Å². The number of carbonyl (C=O) groups is 2. The van der Waals surface area contributed by atoms with Crippen LogP contribution in [-0.2, 0) is 11.8 Å². The van der Waals surface area contributed by atoms with Crippen LogP contribution in [0, 0.1) is 5.92 Å². The van der Waals surface area contributed by atoms with Gasteiger partial charge in [-0.05, 0) is 25.0 Å². The van der Waals surface area contributed by atoms with Gasteiger partial charge in [0.15, 0.2) is 23.1 Å². The zero-order chi connectivity index (χ0) is 24.5. The van der Waals surface area contributed by atoms with E-state index in [4.69, 9.17) is 28.3 Å². The second kappa shape index (κ2) is 9.20. The van der Waals surface area contributed by atoms with Gasteiger partial charge in [0.1, 0.15) is 6.33 Å². The van der Waals surface area contributed by atoms with Crippen molar-refractivity contribution in [3.05, 3.63) is 36.3 Å². The molecule has 0 spiro atoms. The minimum absolute atomic E-state index is 0.0452. The van der Waals surface area contributed by atoms with E-state index in [1.807, 2.05) is 0 Å². The number of methoxy groups -OCH3 is 1. The van der Waals surface area contributed by atoms with Gasteiger partial charge in [0.25, 0.3) is 5.91 Å². The molecule has 3 N–H and O–H groups in total. The van der Waals surface area contributed by atoms with Crippen molar-refractivity contribution in [1.29, 1.82) is 0 Å². The van der Waals surface area contributed by atoms with Crippen LogP contribution in [-0.4, -0.2) is 72.7 Å². The summed E-state index contributed by atoms with van der Waals surface area (Å²) in [5, 5.41) is 18.3. The highest BCUT2D eigenvalue weighted by atomic mass is 16.5. The van der Waals surface area contributed by atoms with E-state index in [0.717, 1.165) is 12.8 Å². The average molecular weight is 452 g/mol.